The van der Waals surface area contributed by atoms with E-state index < -0.39 is 5.92 Å². The van der Waals surface area contributed by atoms with Crippen molar-refractivity contribution >= 4 is 29.0 Å². The Hall–Kier alpha value is -2.85. The standard InChI is InChI=1S/C25H24ClNO3/c1-15-21(24(29)27-18-7-5-4-6-8-18)22(16-9-11-17(26)12-10-16)23-19(28)13-25(2,3)14-20(23)30-15/h4-12,22H,13-14H2,1-3H3,(H,27,29). The molecule has 1 heterocycles. The second-order valence-electron chi connectivity index (χ2n) is 8.65. The Balaban J connectivity index is 1.81. The number of halogens is 1. The molecule has 1 aliphatic carbocycles. The molecule has 1 aliphatic heterocycles. The number of hydrogen-bond acceptors (Lipinski definition) is 3. The number of ketones is 1. The molecular formula is C25H24ClNO3. The van der Waals surface area contributed by atoms with Crippen LogP contribution in [-0.2, 0) is 14.3 Å². The van der Waals surface area contributed by atoms with E-state index in [1.54, 1.807) is 19.1 Å². The van der Waals surface area contributed by atoms with Crippen LogP contribution in [-0.4, -0.2) is 11.7 Å². The van der Waals surface area contributed by atoms with Gasteiger partial charge in [0.2, 0.25) is 0 Å². The molecule has 4 nitrogen and oxygen atoms in total. The van der Waals surface area contributed by atoms with Gasteiger partial charge in [0.25, 0.3) is 5.91 Å². The Bertz CT molecular complexity index is 1070. The van der Waals surface area contributed by atoms with Gasteiger partial charge in [0.05, 0.1) is 5.57 Å². The number of carbonyl (C=O) groups excluding carboxylic acids is 2. The summed E-state index contributed by atoms with van der Waals surface area (Å²) in [5.41, 5.74) is 2.40. The minimum absolute atomic E-state index is 0.0266. The summed E-state index contributed by atoms with van der Waals surface area (Å²) >= 11 is 6.09. The zero-order valence-corrected chi connectivity index (χ0v) is 18.0. The highest BCUT2D eigenvalue weighted by Gasteiger charge is 2.44. The third-order valence-electron chi connectivity index (χ3n) is 5.59. The molecule has 0 fully saturated rings. The smallest absolute Gasteiger partial charge is 0.255 e. The predicted molar refractivity (Wildman–Crippen MR) is 118 cm³/mol. The SMILES string of the molecule is CC1=C(C(=O)Nc2ccccc2)C(c2ccc(Cl)cc2)C2=C(CC(C)(C)CC2=O)O1. The number of ether oxygens (including phenoxy) is 1. The minimum atomic E-state index is -0.488. The van der Waals surface area contributed by atoms with Crippen molar-refractivity contribution in [2.75, 3.05) is 5.32 Å². The van der Waals surface area contributed by atoms with Crippen molar-refractivity contribution in [2.45, 2.75) is 39.5 Å². The van der Waals surface area contributed by atoms with Gasteiger partial charge in [0.1, 0.15) is 11.5 Å². The molecule has 30 heavy (non-hydrogen) atoms. The van der Waals surface area contributed by atoms with Crippen LogP contribution in [0.1, 0.15) is 45.1 Å². The van der Waals surface area contributed by atoms with Gasteiger partial charge in [-0.3, -0.25) is 9.59 Å². The number of anilines is 1. The summed E-state index contributed by atoms with van der Waals surface area (Å²) in [6, 6.07) is 16.6. The molecule has 0 radical (unpaired) electrons. The van der Waals surface area contributed by atoms with Crippen LogP contribution in [0.5, 0.6) is 0 Å². The van der Waals surface area contributed by atoms with Crippen LogP contribution >= 0.6 is 11.6 Å². The monoisotopic (exact) mass is 421 g/mol. The van der Waals surface area contributed by atoms with Gasteiger partial charge in [0, 0.05) is 35.0 Å². The average Bonchev–Trinajstić information content (AvgIpc) is 2.67. The normalized spacial score (nSPS) is 20.5. The van der Waals surface area contributed by atoms with E-state index in [9.17, 15) is 9.59 Å². The van der Waals surface area contributed by atoms with Crippen LogP contribution in [0.3, 0.4) is 0 Å². The molecule has 1 atom stereocenters. The highest BCUT2D eigenvalue weighted by atomic mass is 35.5. The summed E-state index contributed by atoms with van der Waals surface area (Å²) in [7, 11) is 0. The second-order valence-corrected chi connectivity index (χ2v) is 9.09. The highest BCUT2D eigenvalue weighted by Crippen LogP contribution is 2.49. The molecule has 1 amide bonds. The summed E-state index contributed by atoms with van der Waals surface area (Å²) in [4.78, 5) is 26.5. The van der Waals surface area contributed by atoms with Crippen LogP contribution in [0.25, 0.3) is 0 Å². The van der Waals surface area contributed by atoms with Crippen molar-refractivity contribution in [3.05, 3.63) is 87.8 Å². The average molecular weight is 422 g/mol. The molecule has 0 saturated carbocycles. The molecule has 0 spiro atoms. The topological polar surface area (TPSA) is 55.4 Å². The fourth-order valence-electron chi connectivity index (χ4n) is 4.28. The molecule has 0 bridgehead atoms. The molecule has 2 aliphatic rings. The van der Waals surface area contributed by atoms with E-state index in [0.29, 0.717) is 46.2 Å². The van der Waals surface area contributed by atoms with Crippen LogP contribution < -0.4 is 5.32 Å². The zero-order valence-electron chi connectivity index (χ0n) is 17.3. The number of nitrogens with one attached hydrogen (secondary N) is 1. The van der Waals surface area contributed by atoms with Gasteiger partial charge in [-0.2, -0.15) is 0 Å². The maximum atomic E-state index is 13.3. The number of carbonyl (C=O) groups is 2. The number of para-hydroxylation sites is 1. The van der Waals surface area contributed by atoms with E-state index in [-0.39, 0.29) is 17.1 Å². The van der Waals surface area contributed by atoms with Gasteiger partial charge in [-0.15, -0.1) is 0 Å². The number of Topliss-reactive ketones (excluding diaryl/α,β-unsaturated/α-hetero) is 1. The summed E-state index contributed by atoms with van der Waals surface area (Å²) < 4.78 is 6.09. The third kappa shape index (κ3) is 3.92. The first-order valence-corrected chi connectivity index (χ1v) is 10.4. The maximum Gasteiger partial charge on any atom is 0.255 e. The molecule has 0 aromatic heterocycles. The van der Waals surface area contributed by atoms with E-state index >= 15 is 0 Å². The first-order valence-electron chi connectivity index (χ1n) is 10.0. The first-order chi connectivity index (χ1) is 14.2. The van der Waals surface area contributed by atoms with Crippen molar-refractivity contribution in [3.63, 3.8) is 0 Å². The molecular weight excluding hydrogens is 398 g/mol. The van der Waals surface area contributed by atoms with E-state index in [4.69, 9.17) is 16.3 Å². The van der Waals surface area contributed by atoms with Crippen molar-refractivity contribution in [1.82, 2.24) is 0 Å². The fraction of sp³-hybridized carbons (Fsp3) is 0.280. The largest absolute Gasteiger partial charge is 0.465 e. The second kappa shape index (κ2) is 7.77. The van der Waals surface area contributed by atoms with Gasteiger partial charge in [0.15, 0.2) is 5.78 Å². The molecule has 0 saturated heterocycles. The molecule has 2 aromatic carbocycles. The molecule has 154 valence electrons. The Morgan fingerprint density at radius 3 is 2.40 bits per heavy atom. The molecule has 1 unspecified atom stereocenters. The number of benzene rings is 2. The maximum absolute atomic E-state index is 13.3. The zero-order chi connectivity index (χ0) is 21.5. The fourth-order valence-corrected chi connectivity index (χ4v) is 4.40. The van der Waals surface area contributed by atoms with Crippen molar-refractivity contribution in [2.24, 2.45) is 5.41 Å². The number of allylic oxidation sites excluding steroid dienone is 3. The lowest BCUT2D eigenvalue weighted by Gasteiger charge is -2.38. The molecule has 5 heteroatoms. The Kier molecular flexibility index (Phi) is 5.29. The van der Waals surface area contributed by atoms with Crippen molar-refractivity contribution in [3.8, 4) is 0 Å². The van der Waals surface area contributed by atoms with E-state index in [1.807, 2.05) is 42.5 Å². The summed E-state index contributed by atoms with van der Waals surface area (Å²) in [5.74, 6) is 0.456. The van der Waals surface area contributed by atoms with Gasteiger partial charge in [-0.05, 0) is 42.2 Å². The Morgan fingerprint density at radius 1 is 1.07 bits per heavy atom. The molecule has 1 N–H and O–H groups in total. The summed E-state index contributed by atoms with van der Waals surface area (Å²) in [6.07, 6.45) is 1.08. The van der Waals surface area contributed by atoms with Gasteiger partial charge in [-0.25, -0.2) is 0 Å². The Labute approximate surface area is 181 Å². The van der Waals surface area contributed by atoms with Crippen LogP contribution in [0.15, 0.2) is 77.3 Å². The van der Waals surface area contributed by atoms with Crippen molar-refractivity contribution in [1.29, 1.82) is 0 Å². The minimum Gasteiger partial charge on any atom is -0.465 e. The van der Waals surface area contributed by atoms with Crippen LogP contribution in [0, 0.1) is 5.41 Å². The third-order valence-corrected chi connectivity index (χ3v) is 5.84. The van der Waals surface area contributed by atoms with Gasteiger partial charge < -0.3 is 10.1 Å². The van der Waals surface area contributed by atoms with Crippen LogP contribution in [0.2, 0.25) is 5.02 Å². The molecule has 4 rings (SSSR count). The quantitative estimate of drug-likeness (QED) is 0.660. The van der Waals surface area contributed by atoms with E-state index in [2.05, 4.69) is 19.2 Å². The highest BCUT2D eigenvalue weighted by molar-refractivity contribution is 6.30. The lowest BCUT2D eigenvalue weighted by molar-refractivity contribution is -0.119. The predicted octanol–water partition coefficient (Wildman–Crippen LogP) is 6.01. The summed E-state index contributed by atoms with van der Waals surface area (Å²) in [5, 5.41) is 3.55. The first kappa shape index (κ1) is 20.4. The van der Waals surface area contributed by atoms with Crippen LogP contribution in [0.4, 0.5) is 5.69 Å². The lowest BCUT2D eigenvalue weighted by atomic mass is 9.69. The van der Waals surface area contributed by atoms with Crippen molar-refractivity contribution < 1.29 is 14.3 Å². The molecule has 2 aromatic rings. The number of amides is 1. The lowest BCUT2D eigenvalue weighted by Crippen LogP contribution is -2.34. The number of hydrogen-bond donors (Lipinski definition) is 1. The van der Waals surface area contributed by atoms with E-state index in [1.165, 1.54) is 0 Å². The number of rotatable bonds is 3. The van der Waals surface area contributed by atoms with Gasteiger partial charge in [-0.1, -0.05) is 55.8 Å². The van der Waals surface area contributed by atoms with Gasteiger partial charge >= 0.3 is 0 Å². The summed E-state index contributed by atoms with van der Waals surface area (Å²) in [6.45, 7) is 5.91. The Morgan fingerprint density at radius 2 is 1.73 bits per heavy atom. The van der Waals surface area contributed by atoms with E-state index in [0.717, 1.165) is 5.56 Å².